The van der Waals surface area contributed by atoms with Crippen LogP contribution in [0.15, 0.2) is 76.8 Å². The first kappa shape index (κ1) is 21.7. The van der Waals surface area contributed by atoms with E-state index >= 15 is 0 Å². The van der Waals surface area contributed by atoms with Crippen LogP contribution in [0.1, 0.15) is 21.9 Å². The molecule has 1 aromatic heterocycles. The van der Waals surface area contributed by atoms with Gasteiger partial charge in [0, 0.05) is 17.3 Å². The Morgan fingerprint density at radius 2 is 1.65 bits per heavy atom. The van der Waals surface area contributed by atoms with E-state index in [1.807, 2.05) is 0 Å². The fraction of sp³-hybridized carbons (Fsp3) is 0.0909. The number of benzene rings is 2. The molecule has 0 spiro atoms. The van der Waals surface area contributed by atoms with Crippen molar-refractivity contribution >= 4 is 23.6 Å². The Balaban J connectivity index is 1.79. The number of nitrogens with one attached hydrogen (secondary N) is 2. The summed E-state index contributed by atoms with van der Waals surface area (Å²) >= 11 is 0. The first-order chi connectivity index (χ1) is 14.7. The summed E-state index contributed by atoms with van der Waals surface area (Å²) in [6, 6.07) is 16.2. The van der Waals surface area contributed by atoms with E-state index in [2.05, 4.69) is 15.4 Å². The molecule has 1 heterocycles. The molecule has 2 aromatic carbocycles. The maximum atomic E-state index is 12.8. The number of alkyl halides is 3. The van der Waals surface area contributed by atoms with Crippen LogP contribution in [-0.4, -0.2) is 18.2 Å². The summed E-state index contributed by atoms with van der Waals surface area (Å²) in [6.07, 6.45) is -3.46. The Kier molecular flexibility index (Phi) is 6.44. The zero-order valence-electron chi connectivity index (χ0n) is 16.2. The number of furan rings is 1. The number of amides is 2. The van der Waals surface area contributed by atoms with Crippen LogP contribution >= 0.6 is 0 Å². The highest BCUT2D eigenvalue weighted by atomic mass is 19.4. The van der Waals surface area contributed by atoms with E-state index in [1.54, 1.807) is 49.4 Å². The molecule has 2 amide bonds. The van der Waals surface area contributed by atoms with E-state index < -0.39 is 23.9 Å². The topological polar surface area (TPSA) is 80.6 Å². The molecule has 3 rings (SSSR count). The Morgan fingerprint density at radius 3 is 2.23 bits per heavy atom. The van der Waals surface area contributed by atoms with E-state index in [0.29, 0.717) is 17.1 Å². The fourth-order valence-electron chi connectivity index (χ4n) is 2.55. The van der Waals surface area contributed by atoms with Crippen molar-refractivity contribution in [2.45, 2.75) is 13.3 Å². The van der Waals surface area contributed by atoms with Gasteiger partial charge >= 0.3 is 6.36 Å². The van der Waals surface area contributed by atoms with Crippen molar-refractivity contribution in [2.24, 2.45) is 0 Å². The number of halogens is 3. The smallest absolute Gasteiger partial charge is 0.462 e. The monoisotopic (exact) mass is 430 g/mol. The lowest BCUT2D eigenvalue weighted by Crippen LogP contribution is -2.30. The molecule has 0 fully saturated rings. The van der Waals surface area contributed by atoms with E-state index in [0.717, 1.165) is 12.1 Å². The molecule has 0 saturated carbocycles. The van der Waals surface area contributed by atoms with Gasteiger partial charge in [0.2, 0.25) is 0 Å². The lowest BCUT2D eigenvalue weighted by molar-refractivity contribution is -0.274. The fourth-order valence-corrected chi connectivity index (χ4v) is 2.55. The van der Waals surface area contributed by atoms with Crippen LogP contribution in [0.2, 0.25) is 0 Å². The number of hydrogen-bond donors (Lipinski definition) is 2. The maximum Gasteiger partial charge on any atom is 0.573 e. The van der Waals surface area contributed by atoms with Crippen molar-refractivity contribution in [1.82, 2.24) is 5.32 Å². The Morgan fingerprint density at radius 1 is 0.968 bits per heavy atom. The highest BCUT2D eigenvalue weighted by molar-refractivity contribution is 6.10. The van der Waals surface area contributed by atoms with Crippen molar-refractivity contribution < 1.29 is 31.9 Å². The third-order valence-electron chi connectivity index (χ3n) is 3.92. The van der Waals surface area contributed by atoms with Crippen molar-refractivity contribution in [3.63, 3.8) is 0 Å². The van der Waals surface area contributed by atoms with Gasteiger partial charge in [-0.1, -0.05) is 18.2 Å². The predicted octanol–water partition coefficient (Wildman–Crippen LogP) is 4.90. The maximum absolute atomic E-state index is 12.8. The first-order valence-corrected chi connectivity index (χ1v) is 9.01. The van der Waals surface area contributed by atoms with Crippen LogP contribution in [0.4, 0.5) is 18.9 Å². The number of ether oxygens (including phenoxy) is 1. The number of carbonyl (C=O) groups is 2. The van der Waals surface area contributed by atoms with Gasteiger partial charge in [-0.05, 0) is 55.5 Å². The number of hydrogen-bond acceptors (Lipinski definition) is 4. The lowest BCUT2D eigenvalue weighted by Gasteiger charge is -2.12. The Bertz CT molecular complexity index is 1090. The largest absolute Gasteiger partial charge is 0.573 e. The van der Waals surface area contributed by atoms with E-state index in [4.69, 9.17) is 4.42 Å². The van der Waals surface area contributed by atoms with Crippen molar-refractivity contribution in [1.29, 1.82) is 0 Å². The summed E-state index contributed by atoms with van der Waals surface area (Å²) in [7, 11) is 0. The average molecular weight is 430 g/mol. The summed E-state index contributed by atoms with van der Waals surface area (Å²) in [4.78, 5) is 25.3. The van der Waals surface area contributed by atoms with Crippen molar-refractivity contribution in [3.8, 4) is 5.75 Å². The number of anilines is 1. The molecule has 0 aliphatic carbocycles. The van der Waals surface area contributed by atoms with Crippen LogP contribution in [0.25, 0.3) is 6.08 Å². The summed E-state index contributed by atoms with van der Waals surface area (Å²) in [5, 5.41) is 5.05. The van der Waals surface area contributed by atoms with Crippen LogP contribution in [0.3, 0.4) is 0 Å². The quantitative estimate of drug-likeness (QED) is 0.546. The standard InChI is InChI=1S/C22H17F3N2O4/c1-14-7-10-18(30-14)13-19(27-20(28)15-5-3-2-4-6-15)21(29)26-16-8-11-17(12-9-16)31-22(23,24)25/h2-13H,1H3,(H,26,29)(H,27,28)/b19-13+. The van der Waals surface area contributed by atoms with Gasteiger partial charge in [0.15, 0.2) is 0 Å². The molecule has 2 N–H and O–H groups in total. The highest BCUT2D eigenvalue weighted by Crippen LogP contribution is 2.24. The molecule has 0 saturated heterocycles. The summed E-state index contributed by atoms with van der Waals surface area (Å²) in [5.41, 5.74) is 0.430. The zero-order chi connectivity index (χ0) is 22.4. The molecular weight excluding hydrogens is 413 g/mol. The third kappa shape index (κ3) is 6.49. The minimum absolute atomic E-state index is 0.112. The predicted molar refractivity (Wildman–Crippen MR) is 107 cm³/mol. The molecule has 3 aromatic rings. The molecule has 0 atom stereocenters. The summed E-state index contributed by atoms with van der Waals surface area (Å²) in [5.74, 6) is -0.683. The Labute approximate surface area is 175 Å². The van der Waals surface area contributed by atoms with Gasteiger partial charge in [0.05, 0.1) is 0 Å². The van der Waals surface area contributed by atoms with Crippen molar-refractivity contribution in [2.75, 3.05) is 5.32 Å². The number of carbonyl (C=O) groups excluding carboxylic acids is 2. The molecule has 0 aliphatic rings. The molecular formula is C22H17F3N2O4. The van der Waals surface area contributed by atoms with Crippen LogP contribution in [-0.2, 0) is 4.79 Å². The van der Waals surface area contributed by atoms with Gasteiger partial charge in [-0.25, -0.2) is 0 Å². The van der Waals surface area contributed by atoms with Gasteiger partial charge in [0.1, 0.15) is 23.0 Å². The van der Waals surface area contributed by atoms with Gasteiger partial charge in [-0.3, -0.25) is 9.59 Å². The highest BCUT2D eigenvalue weighted by Gasteiger charge is 2.31. The zero-order valence-corrected chi connectivity index (χ0v) is 16.2. The SMILES string of the molecule is Cc1ccc(/C=C(/NC(=O)c2ccccc2)C(=O)Nc2ccc(OC(F)(F)F)cc2)o1. The van der Waals surface area contributed by atoms with E-state index in [-0.39, 0.29) is 11.4 Å². The van der Waals surface area contributed by atoms with Gasteiger partial charge < -0.3 is 19.8 Å². The van der Waals surface area contributed by atoms with Gasteiger partial charge in [-0.2, -0.15) is 0 Å². The molecule has 6 nitrogen and oxygen atoms in total. The summed E-state index contributed by atoms with van der Waals surface area (Å²) < 4.78 is 46.1. The number of rotatable bonds is 6. The van der Waals surface area contributed by atoms with E-state index in [9.17, 15) is 22.8 Å². The minimum atomic E-state index is -4.82. The van der Waals surface area contributed by atoms with Crippen LogP contribution in [0, 0.1) is 6.92 Å². The number of aryl methyl sites for hydroxylation is 1. The molecule has 0 aliphatic heterocycles. The second-order valence-corrected chi connectivity index (χ2v) is 6.35. The summed E-state index contributed by atoms with van der Waals surface area (Å²) in [6.45, 7) is 1.73. The first-order valence-electron chi connectivity index (χ1n) is 9.01. The van der Waals surface area contributed by atoms with Gasteiger partial charge in [0.25, 0.3) is 11.8 Å². The molecule has 9 heteroatoms. The van der Waals surface area contributed by atoms with Crippen molar-refractivity contribution in [3.05, 3.63) is 89.5 Å². The second-order valence-electron chi connectivity index (χ2n) is 6.35. The molecule has 31 heavy (non-hydrogen) atoms. The van der Waals surface area contributed by atoms with Crippen LogP contribution in [0.5, 0.6) is 5.75 Å². The normalized spacial score (nSPS) is 11.7. The van der Waals surface area contributed by atoms with Gasteiger partial charge in [-0.15, -0.1) is 13.2 Å². The lowest BCUT2D eigenvalue weighted by atomic mass is 10.2. The molecule has 160 valence electrons. The molecule has 0 radical (unpaired) electrons. The molecule has 0 unspecified atom stereocenters. The molecule has 0 bridgehead atoms. The average Bonchev–Trinajstić information content (AvgIpc) is 3.13. The Hall–Kier alpha value is -4.01. The van der Waals surface area contributed by atoms with Crippen LogP contribution < -0.4 is 15.4 Å². The third-order valence-corrected chi connectivity index (χ3v) is 3.92. The minimum Gasteiger partial charge on any atom is -0.462 e. The second kappa shape index (κ2) is 9.21. The van der Waals surface area contributed by atoms with E-state index in [1.165, 1.54) is 18.2 Å².